The first-order chi connectivity index (χ1) is 12.5. The quantitative estimate of drug-likeness (QED) is 0.506. The first-order valence-corrected chi connectivity index (χ1v) is 8.97. The highest BCUT2D eigenvalue weighted by atomic mass is 16.5. The minimum absolute atomic E-state index is 0.00552. The van der Waals surface area contributed by atoms with Crippen LogP contribution in [-0.4, -0.2) is 85.9 Å². The summed E-state index contributed by atoms with van der Waals surface area (Å²) >= 11 is 0. The van der Waals surface area contributed by atoms with Gasteiger partial charge in [-0.05, 0) is 26.5 Å². The lowest BCUT2D eigenvalue weighted by molar-refractivity contribution is -0.120. The number of amides is 1. The molecule has 1 fully saturated rings. The second-order valence-electron chi connectivity index (χ2n) is 6.53. The molecule has 8 heteroatoms. The van der Waals surface area contributed by atoms with Crippen molar-refractivity contribution in [2.45, 2.75) is 20.3 Å². The summed E-state index contributed by atoms with van der Waals surface area (Å²) < 4.78 is 5.04. The normalized spacial score (nSPS) is 15.7. The van der Waals surface area contributed by atoms with E-state index in [9.17, 15) is 14.4 Å². The number of H-pyrrole nitrogens is 1. The predicted octanol–water partition coefficient (Wildman–Crippen LogP) is 0.218. The molecule has 0 aliphatic carbocycles. The molecular formula is C18H28N4O4. The molecule has 1 aliphatic rings. The van der Waals surface area contributed by atoms with Crippen LogP contribution in [0, 0.1) is 6.92 Å². The maximum atomic E-state index is 12.2. The Hall–Kier alpha value is -2.19. The van der Waals surface area contributed by atoms with Gasteiger partial charge in [-0.15, -0.1) is 0 Å². The van der Waals surface area contributed by atoms with Crippen molar-refractivity contribution in [3.63, 3.8) is 0 Å². The average molecular weight is 364 g/mol. The molecule has 26 heavy (non-hydrogen) atoms. The third kappa shape index (κ3) is 5.15. The van der Waals surface area contributed by atoms with E-state index < -0.39 is 5.97 Å². The van der Waals surface area contributed by atoms with Gasteiger partial charge in [0, 0.05) is 45.0 Å². The molecule has 0 radical (unpaired) electrons. The molecular weight excluding hydrogens is 336 g/mol. The van der Waals surface area contributed by atoms with Crippen molar-refractivity contribution in [2.75, 3.05) is 52.9 Å². The zero-order valence-corrected chi connectivity index (χ0v) is 15.8. The fourth-order valence-electron chi connectivity index (χ4n) is 3.06. The highest BCUT2D eigenvalue weighted by Crippen LogP contribution is 2.19. The average Bonchev–Trinajstić information content (AvgIpc) is 2.92. The number of hydrogen-bond donors (Lipinski definition) is 2. The molecule has 144 valence electrons. The topological polar surface area (TPSA) is 94.7 Å². The molecule has 2 heterocycles. The number of aldehydes is 1. The van der Waals surface area contributed by atoms with E-state index in [4.69, 9.17) is 4.74 Å². The Morgan fingerprint density at radius 3 is 2.58 bits per heavy atom. The van der Waals surface area contributed by atoms with Crippen LogP contribution in [0.15, 0.2) is 0 Å². The Morgan fingerprint density at radius 2 is 1.96 bits per heavy atom. The zero-order chi connectivity index (χ0) is 19.1. The van der Waals surface area contributed by atoms with E-state index in [-0.39, 0.29) is 24.5 Å². The molecule has 0 saturated carbocycles. The van der Waals surface area contributed by atoms with Gasteiger partial charge in [-0.1, -0.05) is 0 Å². The lowest BCUT2D eigenvalue weighted by Gasteiger charge is -2.32. The molecule has 1 saturated heterocycles. The van der Waals surface area contributed by atoms with Gasteiger partial charge < -0.3 is 19.9 Å². The van der Waals surface area contributed by atoms with Gasteiger partial charge in [0.2, 0.25) is 5.91 Å². The smallest absolute Gasteiger partial charge is 0.340 e. The van der Waals surface area contributed by atoms with Gasteiger partial charge >= 0.3 is 5.97 Å². The van der Waals surface area contributed by atoms with E-state index in [1.54, 1.807) is 13.8 Å². The van der Waals surface area contributed by atoms with E-state index >= 15 is 0 Å². The monoisotopic (exact) mass is 364 g/mol. The Morgan fingerprint density at radius 1 is 1.27 bits per heavy atom. The van der Waals surface area contributed by atoms with Gasteiger partial charge in [0.15, 0.2) is 6.29 Å². The number of rotatable bonds is 8. The van der Waals surface area contributed by atoms with Crippen LogP contribution in [0.5, 0.6) is 0 Å². The molecule has 0 unspecified atom stereocenters. The second kappa shape index (κ2) is 9.49. The fraction of sp³-hybridized carbons (Fsp3) is 0.611. The SMILES string of the molecule is CCOC(=O)c1c(CC(=O)NCCN2CCN(C)CC2)[nH]c(C=O)c1C. The summed E-state index contributed by atoms with van der Waals surface area (Å²) in [5.41, 5.74) is 1.51. The van der Waals surface area contributed by atoms with Gasteiger partial charge in [-0.3, -0.25) is 14.5 Å². The molecule has 0 atom stereocenters. The molecule has 0 bridgehead atoms. The van der Waals surface area contributed by atoms with Crippen molar-refractivity contribution in [1.29, 1.82) is 0 Å². The molecule has 1 aromatic rings. The van der Waals surface area contributed by atoms with Crippen molar-refractivity contribution in [1.82, 2.24) is 20.1 Å². The lowest BCUT2D eigenvalue weighted by Crippen LogP contribution is -2.47. The number of hydrogen-bond acceptors (Lipinski definition) is 6. The highest BCUT2D eigenvalue weighted by molar-refractivity contribution is 5.97. The zero-order valence-electron chi connectivity index (χ0n) is 15.8. The number of nitrogens with zero attached hydrogens (tertiary/aromatic N) is 2. The molecule has 2 rings (SSSR count). The van der Waals surface area contributed by atoms with Crippen molar-refractivity contribution in [3.8, 4) is 0 Å². The van der Waals surface area contributed by atoms with Crippen molar-refractivity contribution in [2.24, 2.45) is 0 Å². The Balaban J connectivity index is 1.91. The summed E-state index contributed by atoms with van der Waals surface area (Å²) in [6.45, 7) is 9.03. The summed E-state index contributed by atoms with van der Waals surface area (Å²) in [6.07, 6.45) is 0.651. The van der Waals surface area contributed by atoms with Crippen molar-refractivity contribution in [3.05, 3.63) is 22.5 Å². The summed E-state index contributed by atoms with van der Waals surface area (Å²) in [7, 11) is 2.10. The first-order valence-electron chi connectivity index (χ1n) is 8.97. The molecule has 0 aromatic carbocycles. The molecule has 1 amide bonds. The van der Waals surface area contributed by atoms with E-state index in [0.29, 0.717) is 29.8 Å². The van der Waals surface area contributed by atoms with Crippen LogP contribution >= 0.6 is 0 Å². The van der Waals surface area contributed by atoms with Gasteiger partial charge in [0.25, 0.3) is 0 Å². The van der Waals surface area contributed by atoms with E-state index in [0.717, 1.165) is 32.7 Å². The van der Waals surface area contributed by atoms with Crippen LogP contribution in [-0.2, 0) is 16.0 Å². The lowest BCUT2D eigenvalue weighted by atomic mass is 10.1. The summed E-state index contributed by atoms with van der Waals surface area (Å²) in [4.78, 5) is 43.0. The summed E-state index contributed by atoms with van der Waals surface area (Å²) in [5.74, 6) is -0.710. The van der Waals surface area contributed by atoms with Crippen LogP contribution in [0.1, 0.15) is 39.0 Å². The number of aromatic amines is 1. The van der Waals surface area contributed by atoms with Crippen LogP contribution in [0.25, 0.3) is 0 Å². The number of aromatic nitrogens is 1. The number of carbonyl (C=O) groups is 3. The van der Waals surface area contributed by atoms with Gasteiger partial charge in [-0.25, -0.2) is 4.79 Å². The van der Waals surface area contributed by atoms with Crippen molar-refractivity contribution < 1.29 is 19.1 Å². The number of likely N-dealkylation sites (N-methyl/N-ethyl adjacent to an activating group) is 1. The van der Waals surface area contributed by atoms with E-state index in [2.05, 4.69) is 27.1 Å². The first kappa shape index (κ1) is 20.1. The Kier molecular flexibility index (Phi) is 7.35. The molecule has 0 spiro atoms. The predicted molar refractivity (Wildman–Crippen MR) is 97.5 cm³/mol. The molecule has 1 aliphatic heterocycles. The van der Waals surface area contributed by atoms with Crippen LogP contribution in [0.3, 0.4) is 0 Å². The fourth-order valence-corrected chi connectivity index (χ4v) is 3.06. The summed E-state index contributed by atoms with van der Waals surface area (Å²) in [6, 6.07) is 0. The number of esters is 1. The Labute approximate surface area is 153 Å². The minimum Gasteiger partial charge on any atom is -0.462 e. The van der Waals surface area contributed by atoms with E-state index in [1.807, 2.05) is 0 Å². The highest BCUT2D eigenvalue weighted by Gasteiger charge is 2.23. The molecule has 8 nitrogen and oxygen atoms in total. The standard InChI is InChI=1S/C18H28N4O4/c1-4-26-18(25)17-13(2)15(12-23)20-14(17)11-16(24)19-5-6-22-9-7-21(3)8-10-22/h12,20H,4-11H2,1-3H3,(H,19,24). The number of piperazine rings is 1. The number of carbonyl (C=O) groups excluding carboxylic acids is 3. The van der Waals surface area contributed by atoms with Crippen molar-refractivity contribution >= 4 is 18.2 Å². The molecule has 2 N–H and O–H groups in total. The minimum atomic E-state index is -0.519. The van der Waals surface area contributed by atoms with Gasteiger partial charge in [-0.2, -0.15) is 0 Å². The summed E-state index contributed by atoms with van der Waals surface area (Å²) in [5, 5.41) is 2.88. The van der Waals surface area contributed by atoms with Gasteiger partial charge in [0.1, 0.15) is 0 Å². The molecule has 1 aromatic heterocycles. The maximum absolute atomic E-state index is 12.2. The van der Waals surface area contributed by atoms with Crippen LogP contribution < -0.4 is 5.32 Å². The third-order valence-corrected chi connectivity index (χ3v) is 4.65. The third-order valence-electron chi connectivity index (χ3n) is 4.65. The van der Waals surface area contributed by atoms with Crippen LogP contribution in [0.2, 0.25) is 0 Å². The van der Waals surface area contributed by atoms with Crippen LogP contribution in [0.4, 0.5) is 0 Å². The number of nitrogens with one attached hydrogen (secondary N) is 2. The number of ether oxygens (including phenoxy) is 1. The Bertz CT molecular complexity index is 648. The van der Waals surface area contributed by atoms with Gasteiger partial charge in [0.05, 0.1) is 24.3 Å². The van der Waals surface area contributed by atoms with E-state index in [1.165, 1.54) is 0 Å². The maximum Gasteiger partial charge on any atom is 0.340 e. The largest absolute Gasteiger partial charge is 0.462 e. The second-order valence-corrected chi connectivity index (χ2v) is 6.53.